The molecule has 4 atom stereocenters. The highest BCUT2D eigenvalue weighted by atomic mass is 16.4. The lowest BCUT2D eigenvalue weighted by atomic mass is 9.84. The van der Waals surface area contributed by atoms with Gasteiger partial charge in [-0.1, -0.05) is 26.2 Å². The fourth-order valence-electron chi connectivity index (χ4n) is 3.85. The lowest BCUT2D eigenvalue weighted by molar-refractivity contribution is -0.150. The molecule has 0 radical (unpaired) electrons. The first-order chi connectivity index (χ1) is 9.02. The molecule has 0 heterocycles. The number of aliphatic carboxylic acids is 1. The van der Waals surface area contributed by atoms with Gasteiger partial charge in [-0.15, -0.1) is 0 Å². The molecule has 4 nitrogen and oxygen atoms in total. The number of hydrogen-bond acceptors (Lipinski definition) is 2. The van der Waals surface area contributed by atoms with Crippen molar-refractivity contribution in [3.63, 3.8) is 0 Å². The first-order valence-electron chi connectivity index (χ1n) is 7.52. The van der Waals surface area contributed by atoms with E-state index in [9.17, 15) is 14.7 Å². The van der Waals surface area contributed by atoms with Crippen LogP contribution in [0, 0.1) is 17.8 Å². The molecule has 19 heavy (non-hydrogen) atoms. The van der Waals surface area contributed by atoms with Crippen LogP contribution in [-0.4, -0.2) is 35.0 Å². The van der Waals surface area contributed by atoms with Gasteiger partial charge in [-0.3, -0.25) is 9.59 Å². The van der Waals surface area contributed by atoms with Crippen molar-refractivity contribution in [2.75, 3.05) is 7.05 Å². The minimum absolute atomic E-state index is 0.0589. The third kappa shape index (κ3) is 2.93. The maximum Gasteiger partial charge on any atom is 0.307 e. The molecule has 2 unspecified atom stereocenters. The van der Waals surface area contributed by atoms with Crippen LogP contribution < -0.4 is 0 Å². The van der Waals surface area contributed by atoms with Crippen molar-refractivity contribution < 1.29 is 14.7 Å². The number of rotatable bonds is 3. The lowest BCUT2D eigenvalue weighted by Crippen LogP contribution is -2.46. The van der Waals surface area contributed by atoms with Crippen LogP contribution in [0.1, 0.15) is 51.9 Å². The minimum Gasteiger partial charge on any atom is -0.481 e. The lowest BCUT2D eigenvalue weighted by Gasteiger charge is -2.38. The van der Waals surface area contributed by atoms with E-state index in [2.05, 4.69) is 6.92 Å². The van der Waals surface area contributed by atoms with E-state index in [-0.39, 0.29) is 11.8 Å². The average Bonchev–Trinajstić information content (AvgIpc) is 2.87. The van der Waals surface area contributed by atoms with E-state index in [1.807, 2.05) is 11.9 Å². The van der Waals surface area contributed by atoms with E-state index < -0.39 is 11.9 Å². The molecule has 0 aromatic carbocycles. The molecule has 2 aliphatic carbocycles. The van der Waals surface area contributed by atoms with Crippen molar-refractivity contribution in [3.05, 3.63) is 0 Å². The summed E-state index contributed by atoms with van der Waals surface area (Å²) in [5.74, 6) is -0.970. The minimum atomic E-state index is -0.805. The number of amides is 1. The van der Waals surface area contributed by atoms with E-state index in [1.54, 1.807) is 0 Å². The fraction of sp³-hybridized carbons (Fsp3) is 0.867. The van der Waals surface area contributed by atoms with Gasteiger partial charge in [0.2, 0.25) is 5.91 Å². The predicted molar refractivity (Wildman–Crippen MR) is 72.7 cm³/mol. The predicted octanol–water partition coefficient (Wildman–Crippen LogP) is 2.52. The third-order valence-electron chi connectivity index (χ3n) is 5.06. The van der Waals surface area contributed by atoms with Gasteiger partial charge in [0, 0.05) is 13.1 Å². The van der Waals surface area contributed by atoms with Crippen molar-refractivity contribution in [2.45, 2.75) is 57.9 Å². The molecule has 108 valence electrons. The zero-order valence-electron chi connectivity index (χ0n) is 12.0. The summed E-state index contributed by atoms with van der Waals surface area (Å²) < 4.78 is 0. The van der Waals surface area contributed by atoms with Gasteiger partial charge in [0.05, 0.1) is 11.8 Å². The van der Waals surface area contributed by atoms with Gasteiger partial charge in [0.25, 0.3) is 0 Å². The topological polar surface area (TPSA) is 57.6 Å². The van der Waals surface area contributed by atoms with Gasteiger partial charge in [-0.2, -0.15) is 0 Å². The van der Waals surface area contributed by atoms with E-state index >= 15 is 0 Å². The molecule has 2 fully saturated rings. The molecule has 2 rings (SSSR count). The second-order valence-corrected chi connectivity index (χ2v) is 6.26. The number of nitrogens with zero attached hydrogens (tertiary/aromatic N) is 1. The van der Waals surface area contributed by atoms with Gasteiger partial charge < -0.3 is 10.0 Å². The van der Waals surface area contributed by atoms with Crippen LogP contribution >= 0.6 is 0 Å². The van der Waals surface area contributed by atoms with Crippen molar-refractivity contribution >= 4 is 11.9 Å². The van der Waals surface area contributed by atoms with E-state index in [0.29, 0.717) is 18.4 Å². The van der Waals surface area contributed by atoms with Crippen molar-refractivity contribution in [3.8, 4) is 0 Å². The summed E-state index contributed by atoms with van der Waals surface area (Å²) in [5.41, 5.74) is 0. The Kier molecular flexibility index (Phi) is 4.48. The highest BCUT2D eigenvalue weighted by molar-refractivity contribution is 5.85. The number of carbonyl (C=O) groups is 2. The van der Waals surface area contributed by atoms with Crippen LogP contribution in [0.3, 0.4) is 0 Å². The van der Waals surface area contributed by atoms with Crippen LogP contribution in [0.5, 0.6) is 0 Å². The fourth-order valence-corrected chi connectivity index (χ4v) is 3.85. The molecule has 0 saturated heterocycles. The van der Waals surface area contributed by atoms with E-state index in [1.165, 1.54) is 19.3 Å². The van der Waals surface area contributed by atoms with Crippen molar-refractivity contribution in [2.24, 2.45) is 17.8 Å². The summed E-state index contributed by atoms with van der Waals surface area (Å²) in [7, 11) is 1.87. The molecular formula is C15H25NO3. The number of carboxylic acids is 1. The Morgan fingerprint density at radius 2 is 1.63 bits per heavy atom. The quantitative estimate of drug-likeness (QED) is 0.854. The van der Waals surface area contributed by atoms with Crippen LogP contribution in [0.15, 0.2) is 0 Å². The van der Waals surface area contributed by atoms with Crippen molar-refractivity contribution in [1.82, 2.24) is 4.90 Å². The summed E-state index contributed by atoms with van der Waals surface area (Å²) in [6, 6.07) is 0.302. The Bertz CT molecular complexity index is 355. The number of carboxylic acid groups (broad SMARTS) is 1. The largest absolute Gasteiger partial charge is 0.481 e. The van der Waals surface area contributed by atoms with Gasteiger partial charge in [0.1, 0.15) is 0 Å². The first-order valence-corrected chi connectivity index (χ1v) is 7.52. The normalized spacial score (nSPS) is 35.1. The SMILES string of the molecule is CC1CCCCC1N(C)C(=O)[C@@H]1CCC[C@@H]1C(=O)O. The Morgan fingerprint density at radius 1 is 1.00 bits per heavy atom. The third-order valence-corrected chi connectivity index (χ3v) is 5.06. The molecule has 1 N–H and O–H groups in total. The zero-order valence-corrected chi connectivity index (χ0v) is 12.0. The van der Waals surface area contributed by atoms with Crippen molar-refractivity contribution in [1.29, 1.82) is 0 Å². The highest BCUT2D eigenvalue weighted by Gasteiger charge is 2.41. The second-order valence-electron chi connectivity index (χ2n) is 6.26. The maximum atomic E-state index is 12.6. The second kappa shape index (κ2) is 5.93. The van der Waals surface area contributed by atoms with E-state index in [0.717, 1.165) is 19.3 Å². The van der Waals surface area contributed by atoms with Gasteiger partial charge in [-0.25, -0.2) is 0 Å². The summed E-state index contributed by atoms with van der Waals surface area (Å²) >= 11 is 0. The molecule has 2 saturated carbocycles. The van der Waals surface area contributed by atoms with E-state index in [4.69, 9.17) is 0 Å². The molecule has 0 bridgehead atoms. The standard InChI is InChI=1S/C15H25NO3/c1-10-6-3-4-9-13(10)16(2)14(17)11-7-5-8-12(11)15(18)19/h10-13H,3-9H2,1-2H3,(H,18,19)/t10?,11-,12+,13?/m1/s1. The van der Waals surface area contributed by atoms with Gasteiger partial charge in [0.15, 0.2) is 0 Å². The Morgan fingerprint density at radius 3 is 2.26 bits per heavy atom. The first kappa shape index (κ1) is 14.4. The summed E-state index contributed by atoms with van der Waals surface area (Å²) in [5, 5.41) is 9.21. The smallest absolute Gasteiger partial charge is 0.307 e. The Balaban J connectivity index is 2.03. The number of carbonyl (C=O) groups excluding carboxylic acids is 1. The van der Waals surface area contributed by atoms with Crippen LogP contribution in [-0.2, 0) is 9.59 Å². The molecule has 0 aromatic heterocycles. The molecule has 0 spiro atoms. The van der Waals surface area contributed by atoms with Gasteiger partial charge >= 0.3 is 5.97 Å². The van der Waals surface area contributed by atoms with Crippen LogP contribution in [0.4, 0.5) is 0 Å². The molecule has 1 amide bonds. The summed E-state index contributed by atoms with van der Waals surface area (Å²) in [6.07, 6.45) is 6.92. The molecule has 4 heteroatoms. The number of hydrogen-bond donors (Lipinski definition) is 1. The molecule has 0 aliphatic heterocycles. The Hall–Kier alpha value is -1.06. The summed E-state index contributed by atoms with van der Waals surface area (Å²) in [4.78, 5) is 25.6. The zero-order chi connectivity index (χ0) is 14.0. The van der Waals surface area contributed by atoms with Gasteiger partial charge in [-0.05, 0) is 31.6 Å². The maximum absolute atomic E-state index is 12.6. The molecular weight excluding hydrogens is 242 g/mol. The van der Waals surface area contributed by atoms with Crippen LogP contribution in [0.2, 0.25) is 0 Å². The highest BCUT2D eigenvalue weighted by Crippen LogP contribution is 2.35. The monoisotopic (exact) mass is 267 g/mol. The molecule has 2 aliphatic rings. The van der Waals surface area contributed by atoms with Crippen LogP contribution in [0.25, 0.3) is 0 Å². The Labute approximate surface area is 115 Å². The molecule has 0 aromatic rings. The average molecular weight is 267 g/mol. The summed E-state index contributed by atoms with van der Waals surface area (Å²) in [6.45, 7) is 2.21.